The summed E-state index contributed by atoms with van der Waals surface area (Å²) >= 11 is 0. The van der Waals surface area contributed by atoms with Gasteiger partial charge in [0, 0.05) is 31.1 Å². The van der Waals surface area contributed by atoms with Gasteiger partial charge in [0.25, 0.3) is 0 Å². The number of para-hydroxylation sites is 2. The van der Waals surface area contributed by atoms with E-state index in [1.165, 1.54) is 6.92 Å². The molecule has 2 aromatic rings. The van der Waals surface area contributed by atoms with Crippen molar-refractivity contribution in [2.24, 2.45) is 5.92 Å². The summed E-state index contributed by atoms with van der Waals surface area (Å²) in [6.07, 6.45) is 1.30. The zero-order chi connectivity index (χ0) is 21.6. The van der Waals surface area contributed by atoms with Crippen LogP contribution in [0.1, 0.15) is 37.0 Å². The van der Waals surface area contributed by atoms with Gasteiger partial charge in [-0.1, -0.05) is 36.4 Å². The van der Waals surface area contributed by atoms with Crippen molar-refractivity contribution in [3.8, 4) is 11.5 Å². The maximum Gasteiger partial charge on any atom is 0.317 e. The molecule has 1 saturated heterocycles. The first-order valence-corrected chi connectivity index (χ1v) is 10.6. The molecule has 4 rings (SSSR count). The third-order valence-corrected chi connectivity index (χ3v) is 5.61. The molecule has 7 nitrogen and oxygen atoms in total. The van der Waals surface area contributed by atoms with E-state index in [2.05, 4.69) is 4.90 Å². The van der Waals surface area contributed by atoms with Gasteiger partial charge in [-0.15, -0.1) is 0 Å². The molecule has 31 heavy (non-hydrogen) atoms. The number of likely N-dealkylation sites (tertiary alicyclic amines) is 1. The molecular formula is C24H27NO6. The fourth-order valence-corrected chi connectivity index (χ4v) is 4.14. The molecule has 0 saturated carbocycles. The summed E-state index contributed by atoms with van der Waals surface area (Å²) in [6, 6.07) is 15.7. The summed E-state index contributed by atoms with van der Waals surface area (Å²) in [4.78, 5) is 25.4. The number of nitrogens with zero attached hydrogens (tertiary/aromatic N) is 1. The van der Waals surface area contributed by atoms with Gasteiger partial charge in [0.1, 0.15) is 17.6 Å². The highest BCUT2D eigenvalue weighted by Gasteiger charge is 2.29. The Morgan fingerprint density at radius 2 is 1.68 bits per heavy atom. The number of carbonyl (C=O) groups is 2. The molecule has 0 N–H and O–H groups in total. The van der Waals surface area contributed by atoms with Crippen molar-refractivity contribution in [1.29, 1.82) is 0 Å². The Hall–Kier alpha value is -2.90. The molecule has 0 aromatic heterocycles. The average Bonchev–Trinajstić information content (AvgIpc) is 2.76. The highest BCUT2D eigenvalue weighted by molar-refractivity contribution is 5.85. The van der Waals surface area contributed by atoms with Gasteiger partial charge in [0.2, 0.25) is 6.79 Å². The number of carbonyl (C=O) groups excluding carboxylic acids is 2. The second-order valence-electron chi connectivity index (χ2n) is 7.79. The van der Waals surface area contributed by atoms with E-state index in [-0.39, 0.29) is 18.8 Å². The van der Waals surface area contributed by atoms with E-state index in [1.807, 2.05) is 48.5 Å². The Morgan fingerprint density at radius 3 is 2.32 bits per heavy atom. The monoisotopic (exact) mass is 425 g/mol. The minimum absolute atomic E-state index is 0.145. The summed E-state index contributed by atoms with van der Waals surface area (Å²) in [5.41, 5.74) is 1.92. The van der Waals surface area contributed by atoms with Crippen molar-refractivity contribution in [2.75, 3.05) is 33.0 Å². The van der Waals surface area contributed by atoms with Crippen LogP contribution in [-0.4, -0.2) is 49.9 Å². The molecule has 2 aliphatic heterocycles. The molecular weight excluding hydrogens is 398 g/mol. The molecule has 2 heterocycles. The van der Waals surface area contributed by atoms with Crippen molar-refractivity contribution >= 4 is 11.9 Å². The lowest BCUT2D eigenvalue weighted by molar-refractivity contribution is -0.162. The number of fused-ring (bicyclic) bond motifs is 2. The van der Waals surface area contributed by atoms with Crippen LogP contribution in [-0.2, 0) is 19.1 Å². The van der Waals surface area contributed by atoms with Crippen LogP contribution in [0.15, 0.2) is 48.5 Å². The van der Waals surface area contributed by atoms with Crippen molar-refractivity contribution < 1.29 is 28.5 Å². The Balaban J connectivity index is 1.43. The largest absolute Gasteiger partial charge is 0.457 e. The molecule has 7 heteroatoms. The number of rotatable bonds is 5. The fraction of sp³-hybridized carbons (Fsp3) is 0.417. The summed E-state index contributed by atoms with van der Waals surface area (Å²) < 4.78 is 22.7. The van der Waals surface area contributed by atoms with E-state index in [0.717, 1.165) is 42.0 Å². The smallest absolute Gasteiger partial charge is 0.317 e. The highest BCUT2D eigenvalue weighted by atomic mass is 16.7. The molecule has 2 aromatic carbocycles. The van der Waals surface area contributed by atoms with E-state index in [4.69, 9.17) is 18.9 Å². The second kappa shape index (κ2) is 9.94. The summed E-state index contributed by atoms with van der Waals surface area (Å²) in [7, 11) is 0. The third kappa shape index (κ3) is 5.24. The maximum atomic E-state index is 12.1. The Morgan fingerprint density at radius 1 is 1.03 bits per heavy atom. The molecule has 0 bridgehead atoms. The number of ether oxygens (including phenoxy) is 4. The molecule has 0 radical (unpaired) electrons. The predicted molar refractivity (Wildman–Crippen MR) is 113 cm³/mol. The van der Waals surface area contributed by atoms with E-state index in [0.29, 0.717) is 19.7 Å². The average molecular weight is 425 g/mol. The zero-order valence-corrected chi connectivity index (χ0v) is 17.6. The van der Waals surface area contributed by atoms with Crippen LogP contribution in [0, 0.1) is 5.92 Å². The molecule has 2 aliphatic rings. The van der Waals surface area contributed by atoms with Gasteiger partial charge in [-0.3, -0.25) is 9.59 Å². The molecule has 1 fully saturated rings. The van der Waals surface area contributed by atoms with E-state index in [1.54, 1.807) is 0 Å². The fourth-order valence-electron chi connectivity index (χ4n) is 4.14. The first kappa shape index (κ1) is 21.3. The number of hydrogen-bond donors (Lipinski definition) is 0. The van der Waals surface area contributed by atoms with Crippen LogP contribution in [0.3, 0.4) is 0 Å². The zero-order valence-electron chi connectivity index (χ0n) is 17.6. The molecule has 0 aliphatic carbocycles. The molecule has 0 spiro atoms. The van der Waals surface area contributed by atoms with E-state index < -0.39 is 11.9 Å². The normalized spacial score (nSPS) is 19.1. The first-order valence-electron chi connectivity index (χ1n) is 10.6. The predicted octanol–water partition coefficient (Wildman–Crippen LogP) is 3.32. The van der Waals surface area contributed by atoms with Gasteiger partial charge in [-0.2, -0.15) is 0 Å². The van der Waals surface area contributed by atoms with Gasteiger partial charge >= 0.3 is 11.9 Å². The third-order valence-electron chi connectivity index (χ3n) is 5.61. The van der Waals surface area contributed by atoms with Crippen molar-refractivity contribution in [2.45, 2.75) is 25.9 Å². The van der Waals surface area contributed by atoms with Gasteiger partial charge in [0.15, 0.2) is 0 Å². The maximum absolute atomic E-state index is 12.1. The SMILES string of the molecule is CC(=O)OC(=O)[C@@H]1CCCN(CCOC2c3ccccc3OCOc3ccccc32)C1. The van der Waals surface area contributed by atoms with Crippen molar-refractivity contribution in [3.05, 3.63) is 59.7 Å². The van der Waals surface area contributed by atoms with Crippen molar-refractivity contribution in [3.63, 3.8) is 0 Å². The number of benzene rings is 2. The number of esters is 2. The van der Waals surface area contributed by atoms with Crippen molar-refractivity contribution in [1.82, 2.24) is 4.90 Å². The number of hydrogen-bond acceptors (Lipinski definition) is 7. The minimum Gasteiger partial charge on any atom is -0.457 e. The Bertz CT molecular complexity index is 882. The summed E-state index contributed by atoms with van der Waals surface area (Å²) in [5.74, 6) is 0.216. The Kier molecular flexibility index (Phi) is 6.84. The lowest BCUT2D eigenvalue weighted by Gasteiger charge is -2.32. The standard InChI is InChI=1S/C24H27NO6/c1-17(26)31-24(27)18-7-6-12-25(15-18)13-14-28-23-19-8-2-4-10-21(19)29-16-30-22-11-5-3-9-20(22)23/h2-5,8-11,18,23H,6-7,12-16H2,1H3/t18-/m1/s1. The topological polar surface area (TPSA) is 74.3 Å². The molecule has 164 valence electrons. The van der Waals surface area contributed by atoms with Crippen LogP contribution in [0.25, 0.3) is 0 Å². The lowest BCUT2D eigenvalue weighted by atomic mass is 9.98. The van der Waals surface area contributed by atoms with Crippen LogP contribution < -0.4 is 9.47 Å². The highest BCUT2D eigenvalue weighted by Crippen LogP contribution is 2.38. The van der Waals surface area contributed by atoms with Crippen LogP contribution in [0.4, 0.5) is 0 Å². The van der Waals surface area contributed by atoms with Gasteiger partial charge in [-0.25, -0.2) is 0 Å². The molecule has 0 unspecified atom stereocenters. The molecule has 0 amide bonds. The summed E-state index contributed by atoms with van der Waals surface area (Å²) in [5, 5.41) is 0. The first-order chi connectivity index (χ1) is 15.1. The quantitative estimate of drug-likeness (QED) is 0.537. The Labute approximate surface area is 181 Å². The van der Waals surface area contributed by atoms with Crippen LogP contribution in [0.5, 0.6) is 11.5 Å². The molecule has 1 atom stereocenters. The van der Waals surface area contributed by atoms with Crippen LogP contribution in [0.2, 0.25) is 0 Å². The van der Waals surface area contributed by atoms with Gasteiger partial charge < -0.3 is 23.8 Å². The number of piperidine rings is 1. The lowest BCUT2D eigenvalue weighted by Crippen LogP contribution is -2.41. The summed E-state index contributed by atoms with van der Waals surface area (Å²) in [6.45, 7) is 4.00. The second-order valence-corrected chi connectivity index (χ2v) is 7.79. The van der Waals surface area contributed by atoms with E-state index >= 15 is 0 Å². The van der Waals surface area contributed by atoms with E-state index in [9.17, 15) is 9.59 Å². The van der Waals surface area contributed by atoms with Gasteiger partial charge in [-0.05, 0) is 31.5 Å². The van der Waals surface area contributed by atoms with Gasteiger partial charge in [0.05, 0.1) is 12.5 Å². The minimum atomic E-state index is -0.559. The van der Waals surface area contributed by atoms with Crippen LogP contribution >= 0.6 is 0 Å².